The van der Waals surface area contributed by atoms with Crippen LogP contribution in [0.25, 0.3) is 5.69 Å². The molecule has 128 valence electrons. The zero-order valence-electron chi connectivity index (χ0n) is 13.6. The van der Waals surface area contributed by atoms with Crippen LogP contribution in [0.15, 0.2) is 30.9 Å². The number of benzene rings is 1. The Kier molecular flexibility index (Phi) is 4.60. The van der Waals surface area contributed by atoms with E-state index in [-0.39, 0.29) is 24.4 Å². The first-order valence-electron chi connectivity index (χ1n) is 8.14. The van der Waals surface area contributed by atoms with E-state index < -0.39 is 0 Å². The predicted molar refractivity (Wildman–Crippen MR) is 93.4 cm³/mol. The van der Waals surface area contributed by atoms with Gasteiger partial charge >= 0.3 is 0 Å². The van der Waals surface area contributed by atoms with Gasteiger partial charge in [0.05, 0.1) is 5.69 Å². The largest absolute Gasteiger partial charge is 0.338 e. The molecule has 3 atom stereocenters. The van der Waals surface area contributed by atoms with Crippen LogP contribution in [0.5, 0.6) is 0 Å². The third-order valence-electron chi connectivity index (χ3n) is 5.32. The van der Waals surface area contributed by atoms with Crippen LogP contribution in [0.4, 0.5) is 0 Å². The smallest absolute Gasteiger partial charge is 0.254 e. The van der Waals surface area contributed by atoms with Gasteiger partial charge in [0.15, 0.2) is 0 Å². The van der Waals surface area contributed by atoms with Gasteiger partial charge in [0.1, 0.15) is 12.7 Å². The predicted octanol–water partition coefficient (Wildman–Crippen LogP) is 1.81. The van der Waals surface area contributed by atoms with E-state index in [1.165, 1.54) is 6.33 Å². The van der Waals surface area contributed by atoms with Gasteiger partial charge in [0.2, 0.25) is 0 Å². The van der Waals surface area contributed by atoms with Gasteiger partial charge in [-0.25, -0.2) is 9.67 Å². The van der Waals surface area contributed by atoms with Crippen LogP contribution in [0, 0.1) is 18.8 Å². The molecule has 1 aliphatic carbocycles. The topological polar surface area (TPSA) is 77.0 Å². The Morgan fingerprint density at radius 1 is 1.29 bits per heavy atom. The summed E-state index contributed by atoms with van der Waals surface area (Å²) in [6.07, 6.45) is 5.41. The second-order valence-electron chi connectivity index (χ2n) is 6.71. The lowest BCUT2D eigenvalue weighted by molar-refractivity contribution is 0.0779. The number of fused-ring (bicyclic) bond motifs is 1. The molecule has 1 saturated carbocycles. The third kappa shape index (κ3) is 2.80. The van der Waals surface area contributed by atoms with Crippen molar-refractivity contribution in [3.8, 4) is 5.69 Å². The molecule has 2 aromatic rings. The van der Waals surface area contributed by atoms with Gasteiger partial charge < -0.3 is 10.6 Å². The van der Waals surface area contributed by atoms with Crippen LogP contribution < -0.4 is 5.73 Å². The van der Waals surface area contributed by atoms with E-state index in [9.17, 15) is 4.79 Å². The van der Waals surface area contributed by atoms with Crippen molar-refractivity contribution in [2.75, 3.05) is 13.1 Å². The van der Waals surface area contributed by atoms with E-state index in [0.717, 1.165) is 42.7 Å². The van der Waals surface area contributed by atoms with Gasteiger partial charge in [-0.3, -0.25) is 4.79 Å². The molecule has 3 unspecified atom stereocenters. The standard InChI is InChI=1S/C17H21N5O.ClH/c1-11-6-13(22-10-19-9-20-22)3-4-14(11)17(23)21-7-12-2-5-16(18)15(12)8-21;/h3-4,6,9-10,12,15-16H,2,5,7-8,18H2,1H3;1H. The second kappa shape index (κ2) is 6.53. The third-order valence-corrected chi connectivity index (χ3v) is 5.32. The van der Waals surface area contributed by atoms with E-state index in [0.29, 0.717) is 11.8 Å². The highest BCUT2D eigenvalue weighted by Gasteiger charge is 2.42. The normalized spacial score (nSPS) is 25.4. The first-order chi connectivity index (χ1) is 11.1. The number of amides is 1. The lowest BCUT2D eigenvalue weighted by Gasteiger charge is -2.20. The summed E-state index contributed by atoms with van der Waals surface area (Å²) >= 11 is 0. The highest BCUT2D eigenvalue weighted by molar-refractivity contribution is 5.96. The summed E-state index contributed by atoms with van der Waals surface area (Å²) in [4.78, 5) is 18.8. The Morgan fingerprint density at radius 3 is 2.79 bits per heavy atom. The van der Waals surface area contributed by atoms with Gasteiger partial charge in [-0.05, 0) is 55.4 Å². The molecule has 1 amide bonds. The Balaban J connectivity index is 0.00000169. The van der Waals surface area contributed by atoms with Crippen LogP contribution in [-0.4, -0.2) is 44.7 Å². The molecule has 2 aliphatic rings. The molecule has 1 aromatic carbocycles. The number of likely N-dealkylation sites (tertiary alicyclic amines) is 1. The number of aromatic nitrogens is 3. The molecule has 2 heterocycles. The molecule has 4 rings (SSSR count). The number of hydrogen-bond acceptors (Lipinski definition) is 4. The van der Waals surface area contributed by atoms with Crippen molar-refractivity contribution in [3.63, 3.8) is 0 Å². The van der Waals surface area contributed by atoms with E-state index in [4.69, 9.17) is 5.73 Å². The summed E-state index contributed by atoms with van der Waals surface area (Å²) < 4.78 is 1.69. The summed E-state index contributed by atoms with van der Waals surface area (Å²) in [6.45, 7) is 3.62. The van der Waals surface area contributed by atoms with Gasteiger partial charge in [0, 0.05) is 24.7 Å². The summed E-state index contributed by atoms with van der Waals surface area (Å²) in [5.41, 5.74) is 8.81. The summed E-state index contributed by atoms with van der Waals surface area (Å²) in [7, 11) is 0. The van der Waals surface area contributed by atoms with E-state index in [2.05, 4.69) is 10.1 Å². The van der Waals surface area contributed by atoms with Gasteiger partial charge in [-0.15, -0.1) is 12.4 Å². The minimum absolute atomic E-state index is 0. The molecule has 2 fully saturated rings. The summed E-state index contributed by atoms with van der Waals surface area (Å²) in [5.74, 6) is 1.19. The van der Waals surface area contributed by atoms with Crippen LogP contribution in [-0.2, 0) is 0 Å². The van der Waals surface area contributed by atoms with Gasteiger partial charge in [-0.1, -0.05) is 0 Å². The van der Waals surface area contributed by atoms with Crippen LogP contribution in [0.2, 0.25) is 0 Å². The molecule has 24 heavy (non-hydrogen) atoms. The number of nitrogens with zero attached hydrogens (tertiary/aromatic N) is 4. The van der Waals surface area contributed by atoms with Crippen LogP contribution in [0.1, 0.15) is 28.8 Å². The molecule has 1 saturated heterocycles. The van der Waals surface area contributed by atoms with Crippen molar-refractivity contribution in [2.24, 2.45) is 17.6 Å². The average Bonchev–Trinajstić information content (AvgIpc) is 3.25. The molecule has 6 nitrogen and oxygen atoms in total. The Morgan fingerprint density at radius 2 is 2.12 bits per heavy atom. The summed E-state index contributed by atoms with van der Waals surface area (Å²) in [6, 6.07) is 6.04. The lowest BCUT2D eigenvalue weighted by atomic mass is 9.98. The molecule has 0 spiro atoms. The van der Waals surface area contributed by atoms with E-state index in [1.54, 1.807) is 11.0 Å². The number of carbonyl (C=O) groups is 1. The lowest BCUT2D eigenvalue weighted by Crippen LogP contribution is -2.33. The monoisotopic (exact) mass is 347 g/mol. The maximum absolute atomic E-state index is 12.9. The summed E-state index contributed by atoms with van der Waals surface area (Å²) in [5, 5.41) is 4.12. The van der Waals surface area contributed by atoms with Crippen molar-refractivity contribution < 1.29 is 4.79 Å². The minimum atomic E-state index is 0. The molecular weight excluding hydrogens is 326 g/mol. The fraction of sp³-hybridized carbons (Fsp3) is 0.471. The molecule has 1 aliphatic heterocycles. The number of rotatable bonds is 2. The quantitative estimate of drug-likeness (QED) is 0.898. The second-order valence-corrected chi connectivity index (χ2v) is 6.71. The fourth-order valence-electron chi connectivity index (χ4n) is 4.02. The van der Waals surface area contributed by atoms with Crippen molar-refractivity contribution in [1.29, 1.82) is 0 Å². The molecule has 2 N–H and O–H groups in total. The maximum atomic E-state index is 12.9. The number of nitrogens with two attached hydrogens (primary N) is 1. The molecular formula is C17H22ClN5O. The van der Waals surface area contributed by atoms with Crippen molar-refractivity contribution in [2.45, 2.75) is 25.8 Å². The zero-order chi connectivity index (χ0) is 16.0. The molecule has 0 bridgehead atoms. The van der Waals surface area contributed by atoms with Crippen molar-refractivity contribution >= 4 is 18.3 Å². The van der Waals surface area contributed by atoms with Crippen molar-refractivity contribution in [1.82, 2.24) is 19.7 Å². The Labute approximate surface area is 147 Å². The number of aryl methyl sites for hydroxylation is 1. The first kappa shape index (κ1) is 16.9. The fourth-order valence-corrected chi connectivity index (χ4v) is 4.02. The van der Waals surface area contributed by atoms with Crippen LogP contribution in [0.3, 0.4) is 0 Å². The number of carbonyl (C=O) groups excluding carboxylic acids is 1. The maximum Gasteiger partial charge on any atom is 0.254 e. The highest BCUT2D eigenvalue weighted by atomic mass is 35.5. The van der Waals surface area contributed by atoms with E-state index >= 15 is 0 Å². The zero-order valence-corrected chi connectivity index (χ0v) is 14.4. The number of hydrogen-bond donors (Lipinski definition) is 1. The minimum Gasteiger partial charge on any atom is -0.338 e. The SMILES string of the molecule is Cc1cc(-n2cncn2)ccc1C(=O)N1CC2CCC(N)C2C1.Cl. The molecule has 7 heteroatoms. The van der Waals surface area contributed by atoms with Crippen molar-refractivity contribution in [3.05, 3.63) is 42.0 Å². The Hall–Kier alpha value is -1.92. The number of halogens is 1. The Bertz CT molecular complexity index is 733. The average molecular weight is 348 g/mol. The van der Waals surface area contributed by atoms with Gasteiger partial charge in [-0.2, -0.15) is 5.10 Å². The highest BCUT2D eigenvalue weighted by Crippen LogP contribution is 2.37. The van der Waals surface area contributed by atoms with E-state index in [1.807, 2.05) is 30.0 Å². The molecule has 1 aromatic heterocycles. The van der Waals surface area contributed by atoms with Gasteiger partial charge in [0.25, 0.3) is 5.91 Å². The molecule has 0 radical (unpaired) electrons. The first-order valence-corrected chi connectivity index (χ1v) is 8.14. The van der Waals surface area contributed by atoms with Crippen LogP contribution >= 0.6 is 12.4 Å².